The molecule has 0 saturated carbocycles. The monoisotopic (exact) mass is 524 g/mol. The second-order valence-electron chi connectivity index (χ2n) is 9.51. The zero-order valence-electron chi connectivity index (χ0n) is 21.5. The molecule has 1 atom stereocenters. The van der Waals surface area contributed by atoms with Crippen molar-refractivity contribution in [2.75, 3.05) is 45.3 Å². The van der Waals surface area contributed by atoms with Crippen LogP contribution in [0.2, 0.25) is 0 Å². The van der Waals surface area contributed by atoms with E-state index < -0.39 is 12.0 Å². The summed E-state index contributed by atoms with van der Waals surface area (Å²) in [6.07, 6.45) is 4.21. The molecule has 200 valence electrons. The predicted octanol–water partition coefficient (Wildman–Crippen LogP) is 3.89. The fourth-order valence-corrected chi connectivity index (χ4v) is 4.70. The minimum atomic E-state index is -2.72. The van der Waals surface area contributed by atoms with Crippen LogP contribution in [-0.2, 0) is 7.05 Å². The van der Waals surface area contributed by atoms with E-state index in [-0.39, 0.29) is 32.6 Å². The molecule has 4 aromatic rings. The maximum atomic E-state index is 13.7. The lowest BCUT2D eigenvalue weighted by molar-refractivity contribution is 0.00796. The molecule has 1 fully saturated rings. The molecular weight excluding hydrogens is 494 g/mol. The Morgan fingerprint density at radius 1 is 1.05 bits per heavy atom. The van der Waals surface area contributed by atoms with Crippen LogP contribution in [0.5, 0.6) is 11.5 Å². The number of hydrogen-bond donors (Lipinski definition) is 1. The Morgan fingerprint density at radius 2 is 1.82 bits per heavy atom. The lowest BCUT2D eigenvalue weighted by atomic mass is 10.1. The van der Waals surface area contributed by atoms with Gasteiger partial charge in [-0.25, -0.2) is 13.8 Å². The number of rotatable bonds is 9. The minimum absolute atomic E-state index is 0.131. The van der Waals surface area contributed by atoms with Crippen LogP contribution in [0.25, 0.3) is 22.3 Å². The van der Waals surface area contributed by atoms with E-state index in [1.165, 1.54) is 0 Å². The number of hydrogen-bond acceptors (Lipinski definition) is 8. The van der Waals surface area contributed by atoms with Crippen molar-refractivity contribution >= 4 is 22.4 Å². The number of nitrogens with zero attached hydrogens (tertiary/aromatic N) is 6. The van der Waals surface area contributed by atoms with E-state index in [9.17, 15) is 13.9 Å². The molecular formula is C27H30F2N6O3. The summed E-state index contributed by atoms with van der Waals surface area (Å²) < 4.78 is 40.1. The molecule has 0 amide bonds. The molecule has 1 aliphatic heterocycles. The van der Waals surface area contributed by atoms with Crippen molar-refractivity contribution in [2.24, 2.45) is 7.05 Å². The van der Waals surface area contributed by atoms with E-state index in [2.05, 4.69) is 10.1 Å². The maximum Gasteiger partial charge on any atom is 0.261 e. The van der Waals surface area contributed by atoms with Crippen molar-refractivity contribution in [3.63, 3.8) is 0 Å². The molecule has 2 aromatic carbocycles. The summed E-state index contributed by atoms with van der Waals surface area (Å²) >= 11 is 0. The van der Waals surface area contributed by atoms with Crippen LogP contribution < -0.4 is 14.4 Å². The largest absolute Gasteiger partial charge is 0.497 e. The Balaban J connectivity index is 1.51. The summed E-state index contributed by atoms with van der Waals surface area (Å²) in [7, 11) is 4.97. The van der Waals surface area contributed by atoms with Crippen molar-refractivity contribution in [2.45, 2.75) is 18.4 Å². The number of likely N-dealkylation sites (tertiary alicyclic amines) is 1. The quantitative estimate of drug-likeness (QED) is 0.353. The van der Waals surface area contributed by atoms with Gasteiger partial charge in [-0.05, 0) is 18.2 Å². The summed E-state index contributed by atoms with van der Waals surface area (Å²) in [6.45, 7) is 0.185. The second-order valence-corrected chi connectivity index (χ2v) is 9.51. The Morgan fingerprint density at radius 3 is 2.45 bits per heavy atom. The molecule has 1 aliphatic rings. The molecule has 1 N–H and O–H groups in total. The average molecular weight is 525 g/mol. The highest BCUT2D eigenvalue weighted by molar-refractivity contribution is 5.82. The number of anilines is 2. The smallest absolute Gasteiger partial charge is 0.261 e. The highest BCUT2D eigenvalue weighted by Crippen LogP contribution is 2.35. The summed E-state index contributed by atoms with van der Waals surface area (Å²) in [5.74, 6) is -1.56. The first-order valence-electron chi connectivity index (χ1n) is 12.3. The van der Waals surface area contributed by atoms with Crippen LogP contribution in [0.3, 0.4) is 0 Å². The number of halogens is 2. The van der Waals surface area contributed by atoms with Crippen LogP contribution >= 0.6 is 0 Å². The molecule has 0 radical (unpaired) electrons. The third-order valence-electron chi connectivity index (χ3n) is 6.60. The Labute approximate surface area is 219 Å². The van der Waals surface area contributed by atoms with Gasteiger partial charge in [-0.3, -0.25) is 14.6 Å². The number of methoxy groups -OCH3 is 2. The topological polar surface area (TPSA) is 88.8 Å². The third kappa shape index (κ3) is 5.68. The lowest BCUT2D eigenvalue weighted by Crippen LogP contribution is -2.39. The van der Waals surface area contributed by atoms with E-state index in [4.69, 9.17) is 14.5 Å². The van der Waals surface area contributed by atoms with Gasteiger partial charge in [-0.2, -0.15) is 5.10 Å². The number of aromatic nitrogens is 4. The van der Waals surface area contributed by atoms with E-state index in [1.807, 2.05) is 48.5 Å². The van der Waals surface area contributed by atoms with Crippen LogP contribution in [0.4, 0.5) is 20.2 Å². The highest BCUT2D eigenvalue weighted by atomic mass is 19.3. The van der Waals surface area contributed by atoms with Crippen molar-refractivity contribution in [3.8, 4) is 22.8 Å². The normalized spacial score (nSPS) is 16.1. The predicted molar refractivity (Wildman–Crippen MR) is 140 cm³/mol. The Hall–Kier alpha value is -3.83. The fourth-order valence-electron chi connectivity index (χ4n) is 4.70. The lowest BCUT2D eigenvalue weighted by Gasteiger charge is -2.30. The SMILES string of the molecule is COc1cc(OC)cc(N(CC(O)CN2CCC(F)(F)C2)c2ccc3ncc(-c4cnn(C)c4)nc3c2)c1. The van der Waals surface area contributed by atoms with Gasteiger partial charge in [0.05, 0.1) is 62.5 Å². The summed E-state index contributed by atoms with van der Waals surface area (Å²) in [5.41, 5.74) is 4.37. The number of aliphatic hydroxyl groups excluding tert-OH is 1. The van der Waals surface area contributed by atoms with E-state index >= 15 is 0 Å². The van der Waals surface area contributed by atoms with Gasteiger partial charge in [0.15, 0.2) is 0 Å². The van der Waals surface area contributed by atoms with Crippen molar-refractivity contribution in [3.05, 3.63) is 55.0 Å². The number of aliphatic hydroxyl groups is 1. The second kappa shape index (κ2) is 10.5. The van der Waals surface area contributed by atoms with Gasteiger partial charge in [-0.15, -0.1) is 0 Å². The number of fused-ring (bicyclic) bond motifs is 1. The van der Waals surface area contributed by atoms with E-state index in [0.29, 0.717) is 33.9 Å². The molecule has 9 nitrogen and oxygen atoms in total. The fraction of sp³-hybridized carbons (Fsp3) is 0.370. The van der Waals surface area contributed by atoms with Crippen molar-refractivity contribution < 1.29 is 23.4 Å². The van der Waals surface area contributed by atoms with Gasteiger partial charge in [-0.1, -0.05) is 0 Å². The molecule has 1 saturated heterocycles. The molecule has 11 heteroatoms. The number of benzene rings is 2. The first kappa shape index (κ1) is 25.8. The Bertz CT molecular complexity index is 1410. The molecule has 0 bridgehead atoms. The van der Waals surface area contributed by atoms with Gasteiger partial charge >= 0.3 is 0 Å². The average Bonchev–Trinajstić information content (AvgIpc) is 3.50. The zero-order valence-corrected chi connectivity index (χ0v) is 21.5. The van der Waals surface area contributed by atoms with Gasteiger partial charge in [0.25, 0.3) is 5.92 Å². The number of β-amino-alcohol motifs (C(OH)–C–C–N with tert-alkyl or cyclic N) is 1. The molecule has 2 aromatic heterocycles. The molecule has 38 heavy (non-hydrogen) atoms. The standard InChI is InChI=1S/C27H30F2N6O3/c1-33-14-18(12-31-33)26-13-30-24-5-4-19(10-25(24)32-26)35(20-8-22(37-2)11-23(9-20)38-3)16-21(36)15-34-7-6-27(28,29)17-34/h4-5,8-14,21,36H,6-7,15-17H2,1-3H3. The maximum absolute atomic E-state index is 13.7. The van der Waals surface area contributed by atoms with E-state index in [1.54, 1.807) is 42.3 Å². The summed E-state index contributed by atoms with van der Waals surface area (Å²) in [5, 5.41) is 15.2. The molecule has 1 unspecified atom stereocenters. The first-order valence-corrected chi connectivity index (χ1v) is 12.3. The van der Waals surface area contributed by atoms with Gasteiger partial charge in [0.1, 0.15) is 11.5 Å². The molecule has 3 heterocycles. The number of ether oxygens (including phenoxy) is 2. The van der Waals surface area contributed by atoms with Crippen LogP contribution in [0, 0.1) is 0 Å². The first-order chi connectivity index (χ1) is 18.2. The summed E-state index contributed by atoms with van der Waals surface area (Å²) in [6, 6.07) is 11.1. The zero-order chi connectivity index (χ0) is 26.9. The van der Waals surface area contributed by atoms with Crippen LogP contribution in [0.1, 0.15) is 6.42 Å². The summed E-state index contributed by atoms with van der Waals surface area (Å²) in [4.78, 5) is 12.9. The van der Waals surface area contributed by atoms with Gasteiger partial charge < -0.3 is 19.5 Å². The molecule has 0 aliphatic carbocycles. The molecule has 5 rings (SSSR count). The Kier molecular flexibility index (Phi) is 7.13. The van der Waals surface area contributed by atoms with Gasteiger partial charge in [0, 0.05) is 67.9 Å². The minimum Gasteiger partial charge on any atom is -0.497 e. The van der Waals surface area contributed by atoms with Crippen LogP contribution in [0.15, 0.2) is 55.0 Å². The highest BCUT2D eigenvalue weighted by Gasteiger charge is 2.38. The number of alkyl halides is 2. The van der Waals surface area contributed by atoms with Crippen molar-refractivity contribution in [1.82, 2.24) is 24.6 Å². The third-order valence-corrected chi connectivity index (χ3v) is 6.60. The van der Waals surface area contributed by atoms with Gasteiger partial charge in [0.2, 0.25) is 0 Å². The van der Waals surface area contributed by atoms with Crippen molar-refractivity contribution in [1.29, 1.82) is 0 Å². The van der Waals surface area contributed by atoms with Crippen LogP contribution in [-0.4, -0.2) is 82.2 Å². The number of aryl methyl sites for hydroxylation is 1. The molecule has 0 spiro atoms. The van der Waals surface area contributed by atoms with E-state index in [0.717, 1.165) is 11.3 Å².